The number of alkyl halides is 3. The van der Waals surface area contributed by atoms with Crippen molar-refractivity contribution in [2.24, 2.45) is 0 Å². The van der Waals surface area contributed by atoms with E-state index in [1.807, 2.05) is 12.1 Å². The predicted octanol–water partition coefficient (Wildman–Crippen LogP) is 6.88. The van der Waals surface area contributed by atoms with E-state index in [9.17, 15) is 17.7 Å². The van der Waals surface area contributed by atoms with Crippen LogP contribution in [-0.4, -0.2) is 20.8 Å². The Labute approximate surface area is 189 Å². The molecular formula is C22H15Cl2F3N2OS. The zero-order chi connectivity index (χ0) is 22.3. The molecule has 31 heavy (non-hydrogen) atoms. The highest BCUT2D eigenvalue weighted by molar-refractivity contribution is 7.90. The van der Waals surface area contributed by atoms with E-state index in [1.54, 1.807) is 18.4 Å². The molecule has 0 spiro atoms. The van der Waals surface area contributed by atoms with Crippen LogP contribution in [0.2, 0.25) is 10.0 Å². The molecule has 0 amide bonds. The fraction of sp³-hybridized carbons (Fsp3) is 0.136. The summed E-state index contributed by atoms with van der Waals surface area (Å²) in [5, 5.41) is 0.151. The third kappa shape index (κ3) is 4.41. The van der Waals surface area contributed by atoms with Gasteiger partial charge in [-0.15, -0.1) is 0 Å². The molecule has 1 aromatic heterocycles. The van der Waals surface area contributed by atoms with Crippen LogP contribution in [0.1, 0.15) is 17.0 Å². The Morgan fingerprint density at radius 2 is 1.74 bits per heavy atom. The molecule has 3 nitrogen and oxygen atoms in total. The van der Waals surface area contributed by atoms with Gasteiger partial charge in [-0.1, -0.05) is 53.5 Å². The molecule has 0 aliphatic carbocycles. The lowest BCUT2D eigenvalue weighted by Crippen LogP contribution is -2.07. The molecule has 0 fully saturated rings. The molecule has 0 bridgehead atoms. The lowest BCUT2D eigenvalue weighted by atomic mass is 9.98. The third-order valence-electron chi connectivity index (χ3n) is 4.85. The largest absolute Gasteiger partial charge is 0.612 e. The number of aromatic nitrogens is 2. The minimum atomic E-state index is -4.55. The topological polar surface area (TPSA) is 51.7 Å². The Hall–Kier alpha value is -2.19. The number of imidazole rings is 1. The minimum absolute atomic E-state index is 0.0541. The molecule has 0 saturated heterocycles. The zero-order valence-corrected chi connectivity index (χ0v) is 18.4. The second-order valence-electron chi connectivity index (χ2n) is 6.95. The van der Waals surface area contributed by atoms with Gasteiger partial charge in [0.2, 0.25) is 0 Å². The normalized spacial score (nSPS) is 13.0. The third-order valence-corrected chi connectivity index (χ3v) is 6.45. The van der Waals surface area contributed by atoms with Crippen LogP contribution in [0.15, 0.2) is 59.5 Å². The quantitative estimate of drug-likeness (QED) is 0.322. The Bertz CT molecular complexity index is 1250. The highest BCUT2D eigenvalue weighted by Crippen LogP contribution is 2.44. The van der Waals surface area contributed by atoms with Crippen molar-refractivity contribution in [3.63, 3.8) is 0 Å². The number of nitrogens with one attached hydrogen (secondary N) is 1. The number of halogens is 5. The van der Waals surface area contributed by atoms with Gasteiger partial charge in [-0.2, -0.15) is 13.2 Å². The van der Waals surface area contributed by atoms with Gasteiger partial charge in [-0.25, -0.2) is 4.98 Å². The predicted molar refractivity (Wildman–Crippen MR) is 118 cm³/mol. The number of rotatable bonds is 4. The number of benzene rings is 3. The zero-order valence-electron chi connectivity index (χ0n) is 16.1. The summed E-state index contributed by atoms with van der Waals surface area (Å²) in [5.74, 6) is 0.583. The standard InChI is InChI=1S/C22H15Cl2F3N2OS/c1-31(30)13-8-6-12(7-9-13)10-18-28-17-11-16(23)19(20(24)21(17)29-18)14-4-2-3-5-15(14)22(25,26)27/h2-9,11H,10H2,1H3,(H,28,29). The molecule has 1 heterocycles. The van der Waals surface area contributed by atoms with Gasteiger partial charge in [0.15, 0.2) is 4.90 Å². The molecule has 0 radical (unpaired) electrons. The molecule has 4 rings (SSSR count). The highest BCUT2D eigenvalue weighted by Gasteiger charge is 2.34. The number of fused-ring (bicyclic) bond motifs is 1. The van der Waals surface area contributed by atoms with Crippen LogP contribution in [0.5, 0.6) is 0 Å². The van der Waals surface area contributed by atoms with Crippen molar-refractivity contribution in [3.05, 3.63) is 81.6 Å². The van der Waals surface area contributed by atoms with E-state index in [4.69, 9.17) is 23.2 Å². The van der Waals surface area contributed by atoms with Crippen molar-refractivity contribution >= 4 is 45.4 Å². The summed E-state index contributed by atoms with van der Waals surface area (Å²) in [6.45, 7) is 0. The van der Waals surface area contributed by atoms with Crippen molar-refractivity contribution in [1.29, 1.82) is 0 Å². The summed E-state index contributed by atoms with van der Waals surface area (Å²) in [4.78, 5) is 8.34. The Kier molecular flexibility index (Phi) is 5.96. The average molecular weight is 483 g/mol. The van der Waals surface area contributed by atoms with Crippen LogP contribution in [0, 0.1) is 0 Å². The first-order chi connectivity index (χ1) is 14.6. The number of aromatic amines is 1. The number of nitrogens with zero attached hydrogens (tertiary/aromatic N) is 1. The molecule has 3 aromatic carbocycles. The maximum absolute atomic E-state index is 13.5. The van der Waals surface area contributed by atoms with E-state index >= 15 is 0 Å². The van der Waals surface area contributed by atoms with Crippen molar-refractivity contribution < 1.29 is 17.7 Å². The first kappa shape index (κ1) is 22.0. The van der Waals surface area contributed by atoms with E-state index in [-0.39, 0.29) is 21.2 Å². The van der Waals surface area contributed by atoms with Crippen LogP contribution in [0.25, 0.3) is 22.2 Å². The maximum atomic E-state index is 13.5. The van der Waals surface area contributed by atoms with Gasteiger partial charge in [-0.05, 0) is 46.6 Å². The summed E-state index contributed by atoms with van der Waals surface area (Å²) in [7, 11) is 0. The van der Waals surface area contributed by atoms with E-state index in [1.165, 1.54) is 24.3 Å². The van der Waals surface area contributed by atoms with Crippen LogP contribution in [0.3, 0.4) is 0 Å². The molecule has 4 aromatic rings. The summed E-state index contributed by atoms with van der Waals surface area (Å²) >= 11 is 11.8. The Morgan fingerprint density at radius 3 is 2.39 bits per heavy atom. The number of hydrogen-bond acceptors (Lipinski definition) is 2. The molecule has 0 aliphatic heterocycles. The summed E-state index contributed by atoms with van der Waals surface area (Å²) in [6.07, 6.45) is -2.51. The van der Waals surface area contributed by atoms with Gasteiger partial charge < -0.3 is 9.54 Å². The number of hydrogen-bond donors (Lipinski definition) is 1. The fourth-order valence-corrected chi connectivity index (χ4v) is 4.62. The average Bonchev–Trinajstić information content (AvgIpc) is 3.10. The van der Waals surface area contributed by atoms with Gasteiger partial charge >= 0.3 is 6.18 Å². The maximum Gasteiger partial charge on any atom is 0.417 e. The van der Waals surface area contributed by atoms with E-state index in [0.29, 0.717) is 23.3 Å². The summed E-state index contributed by atoms with van der Waals surface area (Å²) in [6, 6.07) is 14.0. The first-order valence-corrected chi connectivity index (χ1v) is 11.4. The monoisotopic (exact) mass is 482 g/mol. The second kappa shape index (κ2) is 8.39. The van der Waals surface area contributed by atoms with Crippen molar-refractivity contribution in [2.45, 2.75) is 17.5 Å². The lowest BCUT2D eigenvalue weighted by molar-refractivity contribution is -0.137. The molecule has 1 N–H and O–H groups in total. The molecule has 1 unspecified atom stereocenters. The number of H-pyrrole nitrogens is 1. The SMILES string of the molecule is C[S+]([O-])c1ccc(Cc2nc3c(Cl)c(-c4ccccc4C(F)(F)F)c(Cl)cc3[nH]2)cc1. The van der Waals surface area contributed by atoms with Gasteiger partial charge in [0.1, 0.15) is 17.6 Å². The first-order valence-electron chi connectivity index (χ1n) is 9.10. The van der Waals surface area contributed by atoms with Crippen molar-refractivity contribution in [3.8, 4) is 11.1 Å². The Balaban J connectivity index is 1.77. The van der Waals surface area contributed by atoms with Gasteiger partial charge in [0.25, 0.3) is 0 Å². The summed E-state index contributed by atoms with van der Waals surface area (Å²) in [5.41, 5.74) is 0.987. The molecular weight excluding hydrogens is 468 g/mol. The minimum Gasteiger partial charge on any atom is -0.612 e. The molecule has 1 atom stereocenters. The van der Waals surface area contributed by atoms with Crippen LogP contribution in [0.4, 0.5) is 13.2 Å². The van der Waals surface area contributed by atoms with E-state index < -0.39 is 22.9 Å². The van der Waals surface area contributed by atoms with Gasteiger partial charge in [0, 0.05) is 12.0 Å². The van der Waals surface area contributed by atoms with E-state index in [2.05, 4.69) is 9.97 Å². The Morgan fingerprint density at radius 1 is 1.06 bits per heavy atom. The fourth-order valence-electron chi connectivity index (χ4n) is 3.40. The van der Waals surface area contributed by atoms with Gasteiger partial charge in [0.05, 0.1) is 21.1 Å². The van der Waals surface area contributed by atoms with E-state index in [0.717, 1.165) is 16.5 Å². The lowest BCUT2D eigenvalue weighted by Gasteiger charge is -2.15. The highest BCUT2D eigenvalue weighted by atomic mass is 35.5. The second-order valence-corrected chi connectivity index (χ2v) is 9.11. The molecule has 160 valence electrons. The smallest absolute Gasteiger partial charge is 0.417 e. The van der Waals surface area contributed by atoms with Crippen LogP contribution >= 0.6 is 23.2 Å². The van der Waals surface area contributed by atoms with Crippen molar-refractivity contribution in [1.82, 2.24) is 9.97 Å². The van der Waals surface area contributed by atoms with Gasteiger partial charge in [-0.3, -0.25) is 0 Å². The molecule has 0 aliphatic rings. The van der Waals surface area contributed by atoms with Crippen molar-refractivity contribution in [2.75, 3.05) is 6.26 Å². The molecule has 9 heteroatoms. The molecule has 0 saturated carbocycles. The van der Waals surface area contributed by atoms with Crippen LogP contribution < -0.4 is 0 Å². The van der Waals surface area contributed by atoms with Crippen LogP contribution in [-0.2, 0) is 23.8 Å². The summed E-state index contributed by atoms with van der Waals surface area (Å²) < 4.78 is 52.1.